The molecule has 2 heterocycles. The lowest BCUT2D eigenvalue weighted by Gasteiger charge is -2.11. The van der Waals surface area contributed by atoms with E-state index in [4.69, 9.17) is 4.74 Å². The number of pyridine rings is 1. The normalized spacial score (nSPS) is 18.6. The van der Waals surface area contributed by atoms with E-state index >= 15 is 0 Å². The molecule has 0 saturated carbocycles. The van der Waals surface area contributed by atoms with Crippen LogP contribution in [0.25, 0.3) is 0 Å². The molecule has 0 aromatic carbocycles. The van der Waals surface area contributed by atoms with E-state index in [1.807, 2.05) is 19.1 Å². The van der Waals surface area contributed by atoms with Crippen molar-refractivity contribution in [3.8, 4) is 0 Å². The first-order valence-corrected chi connectivity index (χ1v) is 6.39. The average molecular weight is 249 g/mol. The van der Waals surface area contributed by atoms with Crippen LogP contribution in [0.2, 0.25) is 0 Å². The Morgan fingerprint density at radius 3 is 3.06 bits per heavy atom. The maximum absolute atomic E-state index is 11.2. The molecule has 2 N–H and O–H groups in total. The molecule has 1 atom stereocenters. The zero-order valence-electron chi connectivity index (χ0n) is 10.6. The second kappa shape index (κ2) is 6.35. The standard InChI is InChI=1S/C13H19N3O2/c1-2-13(17)16-10-5-6-12(14-8-10)15-9-11-4-3-7-18-11/h5-6,8,11H,2-4,7,9H2,1H3,(H,14,15)(H,16,17). The Labute approximate surface area is 107 Å². The van der Waals surface area contributed by atoms with Gasteiger partial charge in [-0.25, -0.2) is 4.98 Å². The number of rotatable bonds is 5. The molecule has 5 nitrogen and oxygen atoms in total. The Hall–Kier alpha value is -1.62. The zero-order valence-corrected chi connectivity index (χ0v) is 10.6. The van der Waals surface area contributed by atoms with E-state index in [9.17, 15) is 4.79 Å². The van der Waals surface area contributed by atoms with E-state index in [2.05, 4.69) is 15.6 Å². The summed E-state index contributed by atoms with van der Waals surface area (Å²) < 4.78 is 5.52. The van der Waals surface area contributed by atoms with E-state index in [1.165, 1.54) is 0 Å². The summed E-state index contributed by atoms with van der Waals surface area (Å²) in [4.78, 5) is 15.4. The van der Waals surface area contributed by atoms with Crippen molar-refractivity contribution in [3.63, 3.8) is 0 Å². The molecule has 0 radical (unpaired) electrons. The average Bonchev–Trinajstić information content (AvgIpc) is 2.91. The van der Waals surface area contributed by atoms with E-state index in [-0.39, 0.29) is 5.91 Å². The number of aromatic nitrogens is 1. The predicted molar refractivity (Wildman–Crippen MR) is 70.6 cm³/mol. The van der Waals surface area contributed by atoms with Crippen LogP contribution < -0.4 is 10.6 Å². The van der Waals surface area contributed by atoms with Crippen molar-refractivity contribution in [2.45, 2.75) is 32.3 Å². The summed E-state index contributed by atoms with van der Waals surface area (Å²) in [5.41, 5.74) is 0.726. The van der Waals surface area contributed by atoms with Crippen molar-refractivity contribution in [3.05, 3.63) is 18.3 Å². The van der Waals surface area contributed by atoms with Crippen LogP contribution in [0.4, 0.5) is 11.5 Å². The summed E-state index contributed by atoms with van der Waals surface area (Å²) in [6.07, 6.45) is 4.68. The number of amides is 1. The van der Waals surface area contributed by atoms with E-state index < -0.39 is 0 Å². The summed E-state index contributed by atoms with van der Waals surface area (Å²) >= 11 is 0. The van der Waals surface area contributed by atoms with Gasteiger partial charge in [-0.3, -0.25) is 4.79 Å². The van der Waals surface area contributed by atoms with Crippen molar-refractivity contribution < 1.29 is 9.53 Å². The number of anilines is 2. The van der Waals surface area contributed by atoms with Gasteiger partial charge in [0.1, 0.15) is 5.82 Å². The lowest BCUT2D eigenvalue weighted by Crippen LogP contribution is -2.19. The van der Waals surface area contributed by atoms with Crippen LogP contribution in [0, 0.1) is 0 Å². The maximum Gasteiger partial charge on any atom is 0.224 e. The molecule has 0 aliphatic carbocycles. The second-order valence-corrected chi connectivity index (χ2v) is 4.35. The molecule has 0 bridgehead atoms. The highest BCUT2D eigenvalue weighted by Gasteiger charge is 2.14. The maximum atomic E-state index is 11.2. The molecule has 1 unspecified atom stereocenters. The third-order valence-corrected chi connectivity index (χ3v) is 2.90. The van der Waals surface area contributed by atoms with Crippen LogP contribution in [0.1, 0.15) is 26.2 Å². The molecule has 1 saturated heterocycles. The quantitative estimate of drug-likeness (QED) is 0.838. The first-order chi connectivity index (χ1) is 8.78. The summed E-state index contributed by atoms with van der Waals surface area (Å²) in [7, 11) is 0. The van der Waals surface area contributed by atoms with E-state index in [1.54, 1.807) is 6.20 Å². The Balaban J connectivity index is 1.81. The lowest BCUT2D eigenvalue weighted by atomic mass is 10.2. The first-order valence-electron chi connectivity index (χ1n) is 6.39. The molecular formula is C13H19N3O2. The molecule has 5 heteroatoms. The van der Waals surface area contributed by atoms with Gasteiger partial charge in [0.15, 0.2) is 0 Å². The highest BCUT2D eigenvalue weighted by atomic mass is 16.5. The van der Waals surface area contributed by atoms with Gasteiger partial charge in [-0.1, -0.05) is 6.92 Å². The molecule has 2 rings (SSSR count). The Morgan fingerprint density at radius 1 is 1.56 bits per heavy atom. The molecular weight excluding hydrogens is 230 g/mol. The summed E-state index contributed by atoms with van der Waals surface area (Å²) in [5.74, 6) is 0.803. The fraction of sp³-hybridized carbons (Fsp3) is 0.538. The Bertz CT molecular complexity index is 386. The number of ether oxygens (including phenoxy) is 1. The van der Waals surface area contributed by atoms with Crippen molar-refractivity contribution in [1.82, 2.24) is 4.98 Å². The molecule has 1 aliphatic rings. The lowest BCUT2D eigenvalue weighted by molar-refractivity contribution is -0.115. The summed E-state index contributed by atoms with van der Waals surface area (Å²) in [6.45, 7) is 3.47. The molecule has 1 aromatic rings. The minimum Gasteiger partial charge on any atom is -0.376 e. The Kier molecular flexibility index (Phi) is 4.52. The minimum absolute atomic E-state index is 0.00290. The van der Waals surface area contributed by atoms with Gasteiger partial charge in [0.25, 0.3) is 0 Å². The van der Waals surface area contributed by atoms with Crippen LogP contribution in [-0.2, 0) is 9.53 Å². The zero-order chi connectivity index (χ0) is 12.8. The molecule has 1 fully saturated rings. The predicted octanol–water partition coefficient (Wildman–Crippen LogP) is 2.02. The van der Waals surface area contributed by atoms with Gasteiger partial charge in [-0.2, -0.15) is 0 Å². The van der Waals surface area contributed by atoms with Gasteiger partial charge in [0, 0.05) is 19.6 Å². The van der Waals surface area contributed by atoms with Crippen LogP contribution >= 0.6 is 0 Å². The number of nitrogens with zero attached hydrogens (tertiary/aromatic N) is 1. The van der Waals surface area contributed by atoms with Crippen molar-refractivity contribution in [1.29, 1.82) is 0 Å². The van der Waals surface area contributed by atoms with Crippen molar-refractivity contribution in [2.24, 2.45) is 0 Å². The van der Waals surface area contributed by atoms with Gasteiger partial charge < -0.3 is 15.4 Å². The number of hydrogen-bond donors (Lipinski definition) is 2. The topological polar surface area (TPSA) is 63.2 Å². The second-order valence-electron chi connectivity index (χ2n) is 4.35. The molecule has 1 aliphatic heterocycles. The third kappa shape index (κ3) is 3.70. The molecule has 1 aromatic heterocycles. The van der Waals surface area contributed by atoms with Crippen LogP contribution in [0.15, 0.2) is 18.3 Å². The largest absolute Gasteiger partial charge is 0.376 e. The molecule has 98 valence electrons. The van der Waals surface area contributed by atoms with E-state index in [0.29, 0.717) is 12.5 Å². The van der Waals surface area contributed by atoms with Gasteiger partial charge in [-0.15, -0.1) is 0 Å². The molecule has 18 heavy (non-hydrogen) atoms. The van der Waals surface area contributed by atoms with Gasteiger partial charge in [0.05, 0.1) is 18.0 Å². The van der Waals surface area contributed by atoms with Crippen molar-refractivity contribution >= 4 is 17.4 Å². The highest BCUT2D eigenvalue weighted by Crippen LogP contribution is 2.14. The fourth-order valence-electron chi connectivity index (χ4n) is 1.85. The number of carbonyl (C=O) groups is 1. The monoisotopic (exact) mass is 249 g/mol. The van der Waals surface area contributed by atoms with Crippen molar-refractivity contribution in [2.75, 3.05) is 23.8 Å². The smallest absolute Gasteiger partial charge is 0.224 e. The Morgan fingerprint density at radius 2 is 2.44 bits per heavy atom. The van der Waals surface area contributed by atoms with Gasteiger partial charge >= 0.3 is 0 Å². The third-order valence-electron chi connectivity index (χ3n) is 2.90. The van der Waals surface area contributed by atoms with Crippen LogP contribution in [0.5, 0.6) is 0 Å². The van der Waals surface area contributed by atoms with Gasteiger partial charge in [-0.05, 0) is 25.0 Å². The SMILES string of the molecule is CCC(=O)Nc1ccc(NCC2CCCO2)nc1. The number of carbonyl (C=O) groups excluding carboxylic acids is 1. The molecule has 1 amide bonds. The van der Waals surface area contributed by atoms with Gasteiger partial charge in [0.2, 0.25) is 5.91 Å². The van der Waals surface area contributed by atoms with Crippen LogP contribution in [0.3, 0.4) is 0 Å². The highest BCUT2D eigenvalue weighted by molar-refractivity contribution is 5.90. The van der Waals surface area contributed by atoms with E-state index in [0.717, 1.165) is 37.5 Å². The fourth-order valence-corrected chi connectivity index (χ4v) is 1.85. The first kappa shape index (κ1) is 12.8. The minimum atomic E-state index is -0.00290. The molecule has 0 spiro atoms. The number of hydrogen-bond acceptors (Lipinski definition) is 4. The summed E-state index contributed by atoms with van der Waals surface area (Å²) in [5, 5.41) is 5.99. The van der Waals surface area contributed by atoms with Crippen LogP contribution in [-0.4, -0.2) is 30.1 Å². The number of nitrogens with one attached hydrogen (secondary N) is 2. The summed E-state index contributed by atoms with van der Waals surface area (Å²) in [6, 6.07) is 3.71.